The van der Waals surface area contributed by atoms with Crippen LogP contribution in [-0.4, -0.2) is 30.1 Å². The summed E-state index contributed by atoms with van der Waals surface area (Å²) in [5.41, 5.74) is 0.347. The summed E-state index contributed by atoms with van der Waals surface area (Å²) in [6, 6.07) is 1.76. The summed E-state index contributed by atoms with van der Waals surface area (Å²) >= 11 is 1.36. The van der Waals surface area contributed by atoms with Crippen molar-refractivity contribution >= 4 is 34.2 Å². The second kappa shape index (κ2) is 7.15. The molecular formula is C18H23NO5S. The Kier molecular flexibility index (Phi) is 5.13. The SMILES string of the molecule is CCCc1cc(C(=O)OC)c(NC(=O)[C@@H]2[C@@H]3CC[C@@H](C3)[C@@H]2C(=O)O)s1. The molecule has 0 aromatic carbocycles. The standard InChI is InChI=1S/C18H23NO5S/c1-3-4-11-8-12(18(23)24-2)16(25-11)19-15(20)13-9-5-6-10(7-9)14(13)17(21)22/h8-10,13-14H,3-7H2,1-2H3,(H,19,20)(H,21,22)/t9-,10+,13-,14+/m1/s1. The van der Waals surface area contributed by atoms with Crippen molar-refractivity contribution in [2.24, 2.45) is 23.7 Å². The van der Waals surface area contributed by atoms with E-state index in [0.29, 0.717) is 10.6 Å². The molecule has 6 nitrogen and oxygen atoms in total. The van der Waals surface area contributed by atoms with Gasteiger partial charge in [-0.15, -0.1) is 11.3 Å². The molecule has 4 atom stereocenters. The van der Waals surface area contributed by atoms with Crippen molar-refractivity contribution in [3.05, 3.63) is 16.5 Å². The van der Waals surface area contributed by atoms with E-state index in [4.69, 9.17) is 4.74 Å². The summed E-state index contributed by atoms with van der Waals surface area (Å²) in [5, 5.41) is 12.8. The quantitative estimate of drug-likeness (QED) is 0.755. The van der Waals surface area contributed by atoms with Gasteiger partial charge < -0.3 is 15.2 Å². The number of esters is 1. The fourth-order valence-electron chi connectivity index (χ4n) is 4.39. The number of aryl methyl sites for hydroxylation is 1. The number of hydrogen-bond donors (Lipinski definition) is 2. The first-order valence-corrected chi connectivity index (χ1v) is 9.52. The van der Waals surface area contributed by atoms with Crippen LogP contribution in [0, 0.1) is 23.7 Å². The first-order chi connectivity index (χ1) is 12.0. The highest BCUT2D eigenvalue weighted by Crippen LogP contribution is 2.52. The zero-order chi connectivity index (χ0) is 18.1. The summed E-state index contributed by atoms with van der Waals surface area (Å²) in [5.74, 6) is -2.57. The van der Waals surface area contributed by atoms with E-state index in [-0.39, 0.29) is 17.7 Å². The number of carboxylic acids is 1. The molecule has 0 radical (unpaired) electrons. The van der Waals surface area contributed by atoms with Crippen molar-refractivity contribution < 1.29 is 24.2 Å². The number of amides is 1. The lowest BCUT2D eigenvalue weighted by Gasteiger charge is -2.26. The zero-order valence-electron chi connectivity index (χ0n) is 14.4. The number of thiophene rings is 1. The van der Waals surface area contributed by atoms with Crippen LogP contribution >= 0.6 is 11.3 Å². The number of aliphatic carboxylic acids is 1. The van der Waals surface area contributed by atoms with Crippen LogP contribution < -0.4 is 5.32 Å². The van der Waals surface area contributed by atoms with Crippen molar-refractivity contribution in [2.75, 3.05) is 12.4 Å². The molecule has 25 heavy (non-hydrogen) atoms. The highest BCUT2D eigenvalue weighted by atomic mass is 32.1. The van der Waals surface area contributed by atoms with Gasteiger partial charge in [0.25, 0.3) is 0 Å². The number of carbonyl (C=O) groups is 3. The second-order valence-electron chi connectivity index (χ2n) is 6.91. The number of ether oxygens (including phenoxy) is 1. The fraction of sp³-hybridized carbons (Fsp3) is 0.611. The van der Waals surface area contributed by atoms with Gasteiger partial charge in [-0.2, -0.15) is 0 Å². The molecule has 2 saturated carbocycles. The molecule has 0 saturated heterocycles. The summed E-state index contributed by atoms with van der Waals surface area (Å²) in [6.07, 6.45) is 4.35. The Morgan fingerprint density at radius 3 is 2.56 bits per heavy atom. The van der Waals surface area contributed by atoms with Crippen LogP contribution in [0.5, 0.6) is 0 Å². The molecule has 2 aliphatic carbocycles. The number of carbonyl (C=O) groups excluding carboxylic acids is 2. The number of carboxylic acid groups (broad SMARTS) is 1. The van der Waals surface area contributed by atoms with E-state index in [1.54, 1.807) is 6.07 Å². The molecule has 0 unspecified atom stereocenters. The Hall–Kier alpha value is -1.89. The summed E-state index contributed by atoms with van der Waals surface area (Å²) in [7, 11) is 1.31. The van der Waals surface area contributed by atoms with Crippen molar-refractivity contribution in [2.45, 2.75) is 39.0 Å². The lowest BCUT2D eigenvalue weighted by atomic mass is 9.79. The Balaban J connectivity index is 1.83. The smallest absolute Gasteiger partial charge is 0.340 e. The van der Waals surface area contributed by atoms with E-state index in [9.17, 15) is 19.5 Å². The second-order valence-corrected chi connectivity index (χ2v) is 8.05. The first-order valence-electron chi connectivity index (χ1n) is 8.70. The van der Waals surface area contributed by atoms with Gasteiger partial charge in [-0.3, -0.25) is 9.59 Å². The minimum atomic E-state index is -0.890. The normalized spacial score (nSPS) is 27.3. The molecule has 1 heterocycles. The lowest BCUT2D eigenvalue weighted by molar-refractivity contribution is -0.148. The third kappa shape index (κ3) is 3.29. The molecule has 1 aromatic heterocycles. The number of hydrogen-bond acceptors (Lipinski definition) is 5. The van der Waals surface area contributed by atoms with Crippen LogP contribution in [0.25, 0.3) is 0 Å². The predicted molar refractivity (Wildman–Crippen MR) is 93.7 cm³/mol. The molecule has 2 bridgehead atoms. The maximum Gasteiger partial charge on any atom is 0.340 e. The molecule has 0 spiro atoms. The topological polar surface area (TPSA) is 92.7 Å². The van der Waals surface area contributed by atoms with Crippen molar-refractivity contribution in [3.8, 4) is 0 Å². The Morgan fingerprint density at radius 2 is 1.96 bits per heavy atom. The van der Waals surface area contributed by atoms with Gasteiger partial charge in [0.05, 0.1) is 24.5 Å². The van der Waals surface area contributed by atoms with Crippen molar-refractivity contribution in [3.63, 3.8) is 0 Å². The monoisotopic (exact) mass is 365 g/mol. The highest BCUT2D eigenvalue weighted by Gasteiger charge is 2.54. The zero-order valence-corrected chi connectivity index (χ0v) is 15.2. The van der Waals surface area contributed by atoms with Gasteiger partial charge in [-0.1, -0.05) is 13.3 Å². The molecule has 1 aromatic rings. The van der Waals surface area contributed by atoms with Crippen LogP contribution in [-0.2, 0) is 20.7 Å². The maximum absolute atomic E-state index is 12.8. The number of methoxy groups -OCH3 is 1. The van der Waals surface area contributed by atoms with Crippen LogP contribution in [0.2, 0.25) is 0 Å². The van der Waals surface area contributed by atoms with Gasteiger partial charge in [0.15, 0.2) is 0 Å². The molecule has 136 valence electrons. The molecule has 7 heteroatoms. The van der Waals surface area contributed by atoms with E-state index in [1.807, 2.05) is 6.92 Å². The molecule has 2 N–H and O–H groups in total. The minimum absolute atomic E-state index is 0.0947. The first kappa shape index (κ1) is 17.9. The summed E-state index contributed by atoms with van der Waals surface area (Å²) in [4.78, 5) is 37.4. The van der Waals surface area contributed by atoms with Crippen LogP contribution in [0.1, 0.15) is 47.8 Å². The third-order valence-electron chi connectivity index (χ3n) is 5.43. The van der Waals surface area contributed by atoms with Crippen molar-refractivity contribution in [1.29, 1.82) is 0 Å². The molecule has 1 amide bonds. The molecule has 2 fully saturated rings. The van der Waals surface area contributed by atoms with Gasteiger partial charge in [0, 0.05) is 4.88 Å². The maximum atomic E-state index is 12.8. The fourth-order valence-corrected chi connectivity index (χ4v) is 5.53. The van der Waals surface area contributed by atoms with Gasteiger partial charge in [0.2, 0.25) is 5.91 Å². The van der Waals surface area contributed by atoms with Gasteiger partial charge in [-0.05, 0) is 43.6 Å². The van der Waals surface area contributed by atoms with Crippen LogP contribution in [0.4, 0.5) is 5.00 Å². The van der Waals surface area contributed by atoms with E-state index in [1.165, 1.54) is 18.4 Å². The Morgan fingerprint density at radius 1 is 1.28 bits per heavy atom. The van der Waals surface area contributed by atoms with Crippen LogP contribution in [0.15, 0.2) is 6.07 Å². The summed E-state index contributed by atoms with van der Waals surface area (Å²) < 4.78 is 4.81. The summed E-state index contributed by atoms with van der Waals surface area (Å²) in [6.45, 7) is 2.04. The number of rotatable bonds is 6. The number of anilines is 1. The van der Waals surface area contributed by atoms with E-state index in [2.05, 4.69) is 5.32 Å². The highest BCUT2D eigenvalue weighted by molar-refractivity contribution is 7.16. The average molecular weight is 365 g/mol. The molecule has 0 aliphatic heterocycles. The largest absolute Gasteiger partial charge is 0.481 e. The predicted octanol–water partition coefficient (Wildman–Crippen LogP) is 3.17. The number of nitrogens with one attached hydrogen (secondary N) is 1. The molecule has 2 aliphatic rings. The van der Waals surface area contributed by atoms with Crippen molar-refractivity contribution in [1.82, 2.24) is 0 Å². The third-order valence-corrected chi connectivity index (χ3v) is 6.54. The van der Waals surface area contributed by atoms with E-state index in [0.717, 1.165) is 37.0 Å². The van der Waals surface area contributed by atoms with Gasteiger partial charge >= 0.3 is 11.9 Å². The average Bonchev–Trinajstić information content (AvgIpc) is 3.28. The molecular weight excluding hydrogens is 342 g/mol. The van der Waals surface area contributed by atoms with Gasteiger partial charge in [-0.25, -0.2) is 4.79 Å². The van der Waals surface area contributed by atoms with E-state index < -0.39 is 23.8 Å². The molecule has 3 rings (SSSR count). The van der Waals surface area contributed by atoms with Crippen LogP contribution in [0.3, 0.4) is 0 Å². The van der Waals surface area contributed by atoms with E-state index >= 15 is 0 Å². The lowest BCUT2D eigenvalue weighted by Crippen LogP contribution is -2.37. The minimum Gasteiger partial charge on any atom is -0.481 e. The Bertz CT molecular complexity index is 698. The number of fused-ring (bicyclic) bond motifs is 2. The Labute approximate surface area is 150 Å². The van der Waals surface area contributed by atoms with Gasteiger partial charge in [0.1, 0.15) is 5.00 Å².